The molecule has 1 aliphatic heterocycles. The number of imide groups is 1. The van der Waals surface area contributed by atoms with Crippen LogP contribution in [0.25, 0.3) is 6.08 Å². The van der Waals surface area contributed by atoms with Crippen molar-refractivity contribution in [3.05, 3.63) is 64.9 Å². The third kappa shape index (κ3) is 3.39. The smallest absolute Gasteiger partial charge is 0.329 e. The van der Waals surface area contributed by atoms with Crippen LogP contribution in [0, 0.1) is 6.92 Å². The molecule has 0 aromatic heterocycles. The van der Waals surface area contributed by atoms with Crippen LogP contribution in [0.1, 0.15) is 16.7 Å². The first-order chi connectivity index (χ1) is 12.5. The van der Waals surface area contributed by atoms with Gasteiger partial charge in [0.2, 0.25) is 0 Å². The lowest BCUT2D eigenvalue weighted by molar-refractivity contribution is -0.123. The number of ether oxygens (including phenoxy) is 2. The number of urea groups is 1. The van der Waals surface area contributed by atoms with Crippen LogP contribution in [-0.2, 0) is 11.3 Å². The number of hydrogen-bond acceptors (Lipinski definition) is 4. The molecule has 2 aromatic rings. The number of amides is 3. The van der Waals surface area contributed by atoms with Gasteiger partial charge in [0.1, 0.15) is 5.70 Å². The molecule has 0 unspecified atom stereocenters. The number of benzene rings is 2. The lowest BCUT2D eigenvalue weighted by Gasteiger charge is -2.12. The van der Waals surface area contributed by atoms with Gasteiger partial charge in [0, 0.05) is 5.56 Å². The number of rotatable bonds is 5. The highest BCUT2D eigenvalue weighted by molar-refractivity contribution is 6.14. The van der Waals surface area contributed by atoms with Crippen molar-refractivity contribution >= 4 is 18.0 Å². The Morgan fingerprint density at radius 2 is 1.85 bits per heavy atom. The van der Waals surface area contributed by atoms with Crippen LogP contribution in [0.15, 0.2) is 48.2 Å². The highest BCUT2D eigenvalue weighted by Crippen LogP contribution is 2.32. The minimum atomic E-state index is -0.440. The largest absolute Gasteiger partial charge is 0.493 e. The third-order valence-corrected chi connectivity index (χ3v) is 4.12. The Hall–Kier alpha value is -3.28. The topological polar surface area (TPSA) is 67.9 Å². The number of carbonyl (C=O) groups excluding carboxylic acids is 2. The molecule has 0 aliphatic carbocycles. The fourth-order valence-corrected chi connectivity index (χ4v) is 2.89. The van der Waals surface area contributed by atoms with Gasteiger partial charge in [0.15, 0.2) is 11.5 Å². The summed E-state index contributed by atoms with van der Waals surface area (Å²) in [5.41, 5.74) is 2.82. The van der Waals surface area contributed by atoms with Gasteiger partial charge in [-0.15, -0.1) is 0 Å². The molecule has 1 aliphatic rings. The second-order valence-electron chi connectivity index (χ2n) is 5.95. The molecule has 6 nitrogen and oxygen atoms in total. The Morgan fingerprint density at radius 1 is 1.08 bits per heavy atom. The normalized spacial score (nSPS) is 15.3. The average molecular weight is 352 g/mol. The van der Waals surface area contributed by atoms with Crippen LogP contribution >= 0.6 is 0 Å². The SMILES string of the molecule is COc1cccc(/C=C2/NC(=O)N(Cc3cccc(C)c3)C2=O)c1OC. The molecule has 134 valence electrons. The van der Waals surface area contributed by atoms with Crippen molar-refractivity contribution in [2.75, 3.05) is 14.2 Å². The summed E-state index contributed by atoms with van der Waals surface area (Å²) < 4.78 is 10.6. The molecule has 2 aromatic carbocycles. The Morgan fingerprint density at radius 3 is 2.54 bits per heavy atom. The Kier molecular flexibility index (Phi) is 4.93. The van der Waals surface area contributed by atoms with Crippen LogP contribution in [0.4, 0.5) is 4.79 Å². The summed E-state index contributed by atoms with van der Waals surface area (Å²) in [4.78, 5) is 26.1. The molecule has 1 N–H and O–H groups in total. The molecule has 3 rings (SSSR count). The molecule has 3 amide bonds. The predicted octanol–water partition coefficient (Wildman–Crippen LogP) is 3.11. The quantitative estimate of drug-likeness (QED) is 0.663. The standard InChI is InChI=1S/C20H20N2O4/c1-13-6-4-7-14(10-13)12-22-19(23)16(21-20(22)24)11-15-8-5-9-17(25-2)18(15)26-3/h4-11H,12H2,1-3H3,(H,21,24)/b16-11+. The second-order valence-corrected chi connectivity index (χ2v) is 5.95. The lowest BCUT2D eigenvalue weighted by Crippen LogP contribution is -2.30. The van der Waals surface area contributed by atoms with Crippen molar-refractivity contribution in [1.29, 1.82) is 0 Å². The van der Waals surface area contributed by atoms with Crippen molar-refractivity contribution in [2.24, 2.45) is 0 Å². The van der Waals surface area contributed by atoms with Gasteiger partial charge in [-0.05, 0) is 24.6 Å². The highest BCUT2D eigenvalue weighted by Gasteiger charge is 2.33. The van der Waals surface area contributed by atoms with Crippen molar-refractivity contribution < 1.29 is 19.1 Å². The molecule has 0 radical (unpaired) electrons. The van der Waals surface area contributed by atoms with Gasteiger partial charge in [0.25, 0.3) is 5.91 Å². The first kappa shape index (κ1) is 17.5. The van der Waals surface area contributed by atoms with E-state index in [-0.39, 0.29) is 18.1 Å². The number of methoxy groups -OCH3 is 2. The molecule has 0 saturated carbocycles. The zero-order valence-corrected chi connectivity index (χ0v) is 14.9. The van der Waals surface area contributed by atoms with Gasteiger partial charge in [-0.3, -0.25) is 9.69 Å². The van der Waals surface area contributed by atoms with Crippen molar-refractivity contribution in [1.82, 2.24) is 10.2 Å². The van der Waals surface area contributed by atoms with E-state index < -0.39 is 6.03 Å². The minimum Gasteiger partial charge on any atom is -0.493 e. The van der Waals surface area contributed by atoms with Crippen molar-refractivity contribution in [2.45, 2.75) is 13.5 Å². The monoisotopic (exact) mass is 352 g/mol. The Balaban J connectivity index is 1.88. The van der Waals surface area contributed by atoms with E-state index in [2.05, 4.69) is 5.32 Å². The summed E-state index contributed by atoms with van der Waals surface area (Å²) in [5, 5.41) is 2.63. The number of carbonyl (C=O) groups is 2. The average Bonchev–Trinajstić information content (AvgIpc) is 2.89. The van der Waals surface area contributed by atoms with Crippen LogP contribution in [0.2, 0.25) is 0 Å². The van der Waals surface area contributed by atoms with Crippen LogP contribution in [0.5, 0.6) is 11.5 Å². The molecule has 6 heteroatoms. The molecule has 26 heavy (non-hydrogen) atoms. The van der Waals surface area contributed by atoms with Crippen molar-refractivity contribution in [3.63, 3.8) is 0 Å². The molecule has 1 saturated heterocycles. The van der Waals surface area contributed by atoms with E-state index in [4.69, 9.17) is 9.47 Å². The zero-order valence-electron chi connectivity index (χ0n) is 14.9. The van der Waals surface area contributed by atoms with Crippen LogP contribution in [0.3, 0.4) is 0 Å². The number of para-hydroxylation sites is 1. The first-order valence-corrected chi connectivity index (χ1v) is 8.14. The maximum Gasteiger partial charge on any atom is 0.329 e. The fraction of sp³-hybridized carbons (Fsp3) is 0.200. The number of aryl methyl sites for hydroxylation is 1. The predicted molar refractivity (Wildman–Crippen MR) is 97.8 cm³/mol. The van der Waals surface area contributed by atoms with Gasteiger partial charge in [0.05, 0.1) is 20.8 Å². The van der Waals surface area contributed by atoms with E-state index in [0.29, 0.717) is 17.1 Å². The Labute approximate surface area is 152 Å². The van der Waals surface area contributed by atoms with E-state index >= 15 is 0 Å². The number of hydrogen-bond donors (Lipinski definition) is 1. The van der Waals surface area contributed by atoms with Gasteiger partial charge in [-0.1, -0.05) is 42.0 Å². The van der Waals surface area contributed by atoms with Gasteiger partial charge in [-0.2, -0.15) is 0 Å². The molecule has 0 spiro atoms. The van der Waals surface area contributed by atoms with Crippen molar-refractivity contribution in [3.8, 4) is 11.5 Å². The van der Waals surface area contributed by atoms with E-state index in [9.17, 15) is 9.59 Å². The molecule has 1 fully saturated rings. The molecule has 0 atom stereocenters. The van der Waals surface area contributed by atoms with E-state index in [1.807, 2.05) is 31.2 Å². The number of nitrogens with zero attached hydrogens (tertiary/aromatic N) is 1. The molecular weight excluding hydrogens is 332 g/mol. The number of nitrogens with one attached hydrogen (secondary N) is 1. The fourth-order valence-electron chi connectivity index (χ4n) is 2.89. The summed E-state index contributed by atoms with van der Waals surface area (Å²) in [5.74, 6) is 0.679. The first-order valence-electron chi connectivity index (χ1n) is 8.14. The van der Waals surface area contributed by atoms with Gasteiger partial charge < -0.3 is 14.8 Å². The van der Waals surface area contributed by atoms with Gasteiger partial charge in [-0.25, -0.2) is 4.79 Å². The lowest BCUT2D eigenvalue weighted by atomic mass is 10.1. The maximum atomic E-state index is 12.7. The second kappa shape index (κ2) is 7.31. The summed E-state index contributed by atoms with van der Waals surface area (Å²) in [7, 11) is 3.07. The molecule has 1 heterocycles. The highest BCUT2D eigenvalue weighted by atomic mass is 16.5. The summed E-state index contributed by atoms with van der Waals surface area (Å²) in [6.07, 6.45) is 1.60. The van der Waals surface area contributed by atoms with Gasteiger partial charge >= 0.3 is 6.03 Å². The van der Waals surface area contributed by atoms with E-state index in [1.165, 1.54) is 12.0 Å². The minimum absolute atomic E-state index is 0.203. The zero-order chi connectivity index (χ0) is 18.7. The maximum absolute atomic E-state index is 12.7. The van der Waals surface area contributed by atoms with E-state index in [0.717, 1.165) is 11.1 Å². The summed E-state index contributed by atoms with van der Waals surface area (Å²) in [6.45, 7) is 2.19. The Bertz CT molecular complexity index is 889. The molecule has 0 bridgehead atoms. The summed E-state index contributed by atoms with van der Waals surface area (Å²) >= 11 is 0. The third-order valence-electron chi connectivity index (χ3n) is 4.12. The van der Waals surface area contributed by atoms with E-state index in [1.54, 1.807) is 31.4 Å². The molecular formula is C20H20N2O4. The van der Waals surface area contributed by atoms with Crippen LogP contribution in [-0.4, -0.2) is 31.1 Å². The van der Waals surface area contributed by atoms with Crippen LogP contribution < -0.4 is 14.8 Å². The summed E-state index contributed by atoms with van der Waals surface area (Å²) in [6, 6.07) is 12.6.